The topological polar surface area (TPSA) is 25.8 Å². The van der Waals surface area contributed by atoms with E-state index in [1.54, 1.807) is 0 Å². The van der Waals surface area contributed by atoms with Gasteiger partial charge in [0, 0.05) is 10.0 Å². The molecule has 0 N–H and O–H groups in total. The summed E-state index contributed by atoms with van der Waals surface area (Å²) in [6.07, 6.45) is 0. The van der Waals surface area contributed by atoms with Crippen LogP contribution in [0.2, 0.25) is 5.15 Å². The molecule has 0 saturated carbocycles. The molecule has 0 aliphatic heterocycles. The number of aromatic nitrogens is 2. The molecule has 0 aliphatic rings. The Morgan fingerprint density at radius 2 is 1.62 bits per heavy atom. The number of fused-ring (bicyclic) bond motifs is 1. The Hall–Kier alpha value is -1.45. The van der Waals surface area contributed by atoms with Gasteiger partial charge in [0.2, 0.25) is 0 Å². The molecule has 1 aromatic heterocycles. The lowest BCUT2D eigenvalue weighted by Crippen LogP contribution is -1.95. The van der Waals surface area contributed by atoms with Crippen LogP contribution < -0.4 is 0 Å². The van der Waals surface area contributed by atoms with Crippen LogP contribution in [0.1, 0.15) is 16.7 Å². The van der Waals surface area contributed by atoms with E-state index in [9.17, 15) is 0 Å². The van der Waals surface area contributed by atoms with E-state index in [0.29, 0.717) is 11.0 Å². The molecule has 0 unspecified atom stereocenters. The van der Waals surface area contributed by atoms with E-state index < -0.39 is 0 Å². The van der Waals surface area contributed by atoms with Gasteiger partial charge in [-0.1, -0.05) is 34.9 Å². The van der Waals surface area contributed by atoms with Gasteiger partial charge in [0.15, 0.2) is 5.82 Å². The Kier molecular flexibility index (Phi) is 3.72. The Balaban J connectivity index is 2.32. The summed E-state index contributed by atoms with van der Waals surface area (Å²) in [5.74, 6) is 0.667. The van der Waals surface area contributed by atoms with Crippen LogP contribution in [0.15, 0.2) is 34.8 Å². The molecule has 0 fully saturated rings. The largest absolute Gasteiger partial charge is 0.228 e. The van der Waals surface area contributed by atoms with Crippen molar-refractivity contribution in [2.75, 3.05) is 0 Å². The molecule has 0 amide bonds. The normalized spacial score (nSPS) is 11.1. The fourth-order valence-corrected chi connectivity index (χ4v) is 3.42. The van der Waals surface area contributed by atoms with Crippen LogP contribution in [-0.2, 0) is 0 Å². The van der Waals surface area contributed by atoms with Crippen LogP contribution >= 0.6 is 27.5 Å². The molecule has 1 heterocycles. The van der Waals surface area contributed by atoms with Crippen LogP contribution in [-0.4, -0.2) is 9.97 Å². The summed E-state index contributed by atoms with van der Waals surface area (Å²) in [4.78, 5) is 9.20. The highest BCUT2D eigenvalue weighted by Crippen LogP contribution is 2.32. The van der Waals surface area contributed by atoms with E-state index in [4.69, 9.17) is 16.6 Å². The molecule has 2 nitrogen and oxygen atoms in total. The lowest BCUT2D eigenvalue weighted by molar-refractivity contribution is 1.21. The van der Waals surface area contributed by atoms with Gasteiger partial charge in [-0.25, -0.2) is 9.97 Å². The minimum atomic E-state index is 0.477. The smallest absolute Gasteiger partial charge is 0.161 e. The first-order chi connectivity index (χ1) is 9.95. The zero-order valence-corrected chi connectivity index (χ0v) is 14.4. The lowest BCUT2D eigenvalue weighted by atomic mass is 10.1. The van der Waals surface area contributed by atoms with Crippen molar-refractivity contribution >= 4 is 38.4 Å². The number of hydrogen-bond acceptors (Lipinski definition) is 2. The number of hydrogen-bond donors (Lipinski definition) is 0. The molecule has 21 heavy (non-hydrogen) atoms. The molecule has 3 rings (SSSR count). The van der Waals surface area contributed by atoms with E-state index >= 15 is 0 Å². The first-order valence-corrected chi connectivity index (χ1v) is 7.84. The molecule has 4 heteroatoms. The number of halogens is 2. The van der Waals surface area contributed by atoms with Crippen molar-refractivity contribution in [3.05, 3.63) is 56.6 Å². The van der Waals surface area contributed by atoms with Crippen LogP contribution in [0.4, 0.5) is 0 Å². The summed E-state index contributed by atoms with van der Waals surface area (Å²) in [5, 5.41) is 1.34. The summed E-state index contributed by atoms with van der Waals surface area (Å²) in [5.41, 5.74) is 5.35. The average molecular weight is 362 g/mol. The first kappa shape index (κ1) is 14.5. The minimum absolute atomic E-state index is 0.477. The predicted molar refractivity (Wildman–Crippen MR) is 91.9 cm³/mol. The zero-order chi connectivity index (χ0) is 15.1. The Morgan fingerprint density at radius 3 is 2.29 bits per heavy atom. The highest BCUT2D eigenvalue weighted by atomic mass is 79.9. The van der Waals surface area contributed by atoms with Gasteiger partial charge in [0.1, 0.15) is 5.15 Å². The van der Waals surface area contributed by atoms with Gasteiger partial charge in [0.05, 0.1) is 10.9 Å². The van der Waals surface area contributed by atoms with Gasteiger partial charge in [-0.05, 0) is 60.5 Å². The maximum absolute atomic E-state index is 6.39. The second-order valence-electron chi connectivity index (χ2n) is 5.30. The summed E-state index contributed by atoms with van der Waals surface area (Å²) in [7, 11) is 0. The van der Waals surface area contributed by atoms with Gasteiger partial charge >= 0.3 is 0 Å². The summed E-state index contributed by atoms with van der Waals surface area (Å²) < 4.78 is 0.917. The van der Waals surface area contributed by atoms with Crippen molar-refractivity contribution in [1.29, 1.82) is 0 Å². The monoisotopic (exact) mass is 360 g/mol. The second-order valence-corrected chi connectivity index (χ2v) is 6.51. The molecule has 2 aromatic carbocycles. The molecule has 0 spiro atoms. The summed E-state index contributed by atoms with van der Waals surface area (Å²) in [6.45, 7) is 6.17. The third-order valence-corrected chi connectivity index (χ3v) is 4.37. The van der Waals surface area contributed by atoms with E-state index in [1.807, 2.05) is 19.1 Å². The second kappa shape index (κ2) is 5.39. The number of nitrogens with zero attached hydrogens (tertiary/aromatic N) is 2. The van der Waals surface area contributed by atoms with Crippen molar-refractivity contribution in [3.63, 3.8) is 0 Å². The Labute approximate surface area is 137 Å². The van der Waals surface area contributed by atoms with E-state index in [-0.39, 0.29) is 0 Å². The van der Waals surface area contributed by atoms with Crippen molar-refractivity contribution in [2.24, 2.45) is 0 Å². The molecule has 0 atom stereocenters. The van der Waals surface area contributed by atoms with Gasteiger partial charge in [-0.2, -0.15) is 0 Å². The highest BCUT2D eigenvalue weighted by molar-refractivity contribution is 9.10. The third-order valence-electron chi connectivity index (χ3n) is 3.44. The van der Waals surface area contributed by atoms with Gasteiger partial charge in [-0.3, -0.25) is 0 Å². The number of rotatable bonds is 1. The SMILES string of the molecule is Cc1cc(C)cc(-c2nc(Cl)c3c(Br)ccc(C)c3n2)c1. The molecule has 3 aromatic rings. The van der Waals surface area contributed by atoms with Gasteiger partial charge < -0.3 is 0 Å². The van der Waals surface area contributed by atoms with Crippen molar-refractivity contribution in [1.82, 2.24) is 9.97 Å². The molecule has 0 bridgehead atoms. The zero-order valence-electron chi connectivity index (χ0n) is 12.0. The van der Waals surface area contributed by atoms with Crippen LogP contribution in [0.5, 0.6) is 0 Å². The first-order valence-electron chi connectivity index (χ1n) is 6.67. The molecular weight excluding hydrogens is 348 g/mol. The molecule has 106 valence electrons. The van der Waals surface area contributed by atoms with E-state index in [2.05, 4.69) is 53.0 Å². The van der Waals surface area contributed by atoms with E-state index in [0.717, 1.165) is 26.5 Å². The predicted octanol–water partition coefficient (Wildman–Crippen LogP) is 5.64. The maximum Gasteiger partial charge on any atom is 0.161 e. The van der Waals surface area contributed by atoms with Crippen LogP contribution in [0.3, 0.4) is 0 Å². The number of aryl methyl sites for hydroxylation is 3. The quantitative estimate of drug-likeness (QED) is 0.524. The van der Waals surface area contributed by atoms with Crippen molar-refractivity contribution in [2.45, 2.75) is 20.8 Å². The summed E-state index contributed by atoms with van der Waals surface area (Å²) >= 11 is 9.91. The van der Waals surface area contributed by atoms with Gasteiger partial charge in [-0.15, -0.1) is 0 Å². The van der Waals surface area contributed by atoms with Crippen LogP contribution in [0, 0.1) is 20.8 Å². The minimum Gasteiger partial charge on any atom is -0.228 e. The van der Waals surface area contributed by atoms with Crippen molar-refractivity contribution in [3.8, 4) is 11.4 Å². The lowest BCUT2D eigenvalue weighted by Gasteiger charge is -2.09. The Morgan fingerprint density at radius 1 is 0.952 bits per heavy atom. The maximum atomic E-state index is 6.39. The number of benzene rings is 2. The molecule has 0 saturated heterocycles. The third kappa shape index (κ3) is 2.68. The van der Waals surface area contributed by atoms with E-state index in [1.165, 1.54) is 11.1 Å². The highest BCUT2D eigenvalue weighted by Gasteiger charge is 2.12. The molecule has 0 aliphatic carbocycles. The van der Waals surface area contributed by atoms with Crippen molar-refractivity contribution < 1.29 is 0 Å². The standard InChI is InChI=1S/C17H14BrClN2/c1-9-6-10(2)8-12(7-9)17-20-15-11(3)4-5-13(18)14(15)16(19)21-17/h4-8H,1-3H3. The fraction of sp³-hybridized carbons (Fsp3) is 0.176. The average Bonchev–Trinajstić information content (AvgIpc) is 2.41. The van der Waals surface area contributed by atoms with Gasteiger partial charge in [0.25, 0.3) is 0 Å². The van der Waals surface area contributed by atoms with Crippen LogP contribution in [0.25, 0.3) is 22.3 Å². The molecule has 0 radical (unpaired) electrons. The fourth-order valence-electron chi connectivity index (χ4n) is 2.52. The summed E-state index contributed by atoms with van der Waals surface area (Å²) in [6, 6.07) is 10.3. The molecular formula is C17H14BrClN2. The Bertz CT molecular complexity index is 839.